The molecule has 5 nitrogen and oxygen atoms in total. The molecule has 428 valence electrons. The van der Waals surface area contributed by atoms with Crippen molar-refractivity contribution in [3.63, 3.8) is 0 Å². The highest BCUT2D eigenvalue weighted by molar-refractivity contribution is 7.17. The van der Waals surface area contributed by atoms with Crippen molar-refractivity contribution in [3.05, 3.63) is 270 Å². The van der Waals surface area contributed by atoms with E-state index in [1.165, 1.54) is 11.1 Å². The number of thiophene rings is 1. The van der Waals surface area contributed by atoms with Gasteiger partial charge >= 0.3 is 0 Å². The van der Waals surface area contributed by atoms with E-state index in [0.29, 0.717) is 56.3 Å². The molecule has 11 aromatic carbocycles. The van der Waals surface area contributed by atoms with Crippen molar-refractivity contribution in [2.24, 2.45) is 0 Å². The Labute approximate surface area is 526 Å². The van der Waals surface area contributed by atoms with Crippen LogP contribution >= 0.6 is 22.9 Å². The molecule has 0 saturated heterocycles. The minimum atomic E-state index is -0.494. The number of fused-ring (bicyclic) bond motifs is 7. The molecule has 0 aliphatic carbocycles. The van der Waals surface area contributed by atoms with Gasteiger partial charge in [0.05, 0.1) is 46.0 Å². The van der Waals surface area contributed by atoms with Gasteiger partial charge in [0.1, 0.15) is 11.2 Å². The molecule has 0 radical (unpaired) electrons. The molecule has 0 spiro atoms. The van der Waals surface area contributed by atoms with E-state index in [0.717, 1.165) is 71.1 Å². The molecule has 0 saturated carbocycles. The normalized spacial score (nSPS) is 13.1. The predicted octanol–water partition coefficient (Wildman–Crippen LogP) is 25.0. The standard InChI is InChI=1S/C80H68ClN3O2S/c1-78(2,3)54-37-41-57(42-38-54)82(66-43-39-55(79(4,5)6)47-64(66)52-25-14-11-15-26-52)58-27-20-28-59(49-58)83(67-33-21-31-62-60-29-16-18-35-72(60)85-76(62)67)69-45-53(51-23-12-10-13-24-51)46-70(75(69)81)84(71-50-87-74-44-40-56(48-65(71)74)80(7,8)9)68-34-22-32-63-61-30-17-19-36-73(61)86-77(63)68/h10-50H,1-9H3/i10D,12D,13D,23D,24D. The number of para-hydroxylation sites is 4. The van der Waals surface area contributed by atoms with Gasteiger partial charge in [-0.3, -0.25) is 0 Å². The van der Waals surface area contributed by atoms with Crippen LogP contribution in [0.25, 0.3) is 76.2 Å². The van der Waals surface area contributed by atoms with Gasteiger partial charge in [-0.05, 0) is 141 Å². The molecule has 0 unspecified atom stereocenters. The smallest absolute Gasteiger partial charge is 0.159 e. The maximum atomic E-state index is 9.69. The van der Waals surface area contributed by atoms with Crippen LogP contribution in [0.2, 0.25) is 5.02 Å². The third-order valence-electron chi connectivity index (χ3n) is 16.7. The topological polar surface area (TPSA) is 36.0 Å². The third-order valence-corrected chi connectivity index (χ3v) is 18.1. The first-order valence-corrected chi connectivity index (χ1v) is 30.8. The maximum Gasteiger partial charge on any atom is 0.159 e. The fourth-order valence-electron chi connectivity index (χ4n) is 12.1. The lowest BCUT2D eigenvalue weighted by atomic mass is 9.84. The average molecular weight is 1180 g/mol. The summed E-state index contributed by atoms with van der Waals surface area (Å²) < 4.78 is 61.5. The second-order valence-corrected chi connectivity index (χ2v) is 26.9. The van der Waals surface area contributed by atoms with Gasteiger partial charge in [-0.2, -0.15) is 0 Å². The second-order valence-electron chi connectivity index (χ2n) is 25.6. The summed E-state index contributed by atoms with van der Waals surface area (Å²) in [6.45, 7) is 20.0. The number of rotatable bonds is 11. The Morgan fingerprint density at radius 2 is 0.885 bits per heavy atom. The molecule has 0 fully saturated rings. The van der Waals surface area contributed by atoms with E-state index in [2.05, 4.69) is 216 Å². The van der Waals surface area contributed by atoms with Gasteiger partial charge in [0.2, 0.25) is 0 Å². The van der Waals surface area contributed by atoms with E-state index in [1.807, 2.05) is 78.9 Å². The molecule has 87 heavy (non-hydrogen) atoms. The van der Waals surface area contributed by atoms with Crippen molar-refractivity contribution in [3.8, 4) is 22.3 Å². The Morgan fingerprint density at radius 1 is 0.368 bits per heavy atom. The van der Waals surface area contributed by atoms with Crippen LogP contribution in [0, 0.1) is 0 Å². The minimum Gasteiger partial charge on any atom is -0.454 e. The second kappa shape index (κ2) is 21.6. The lowest BCUT2D eigenvalue weighted by Crippen LogP contribution is -2.17. The number of hydrogen-bond donors (Lipinski definition) is 0. The number of nitrogens with zero attached hydrogens (tertiary/aromatic N) is 3. The Kier molecular flexibility index (Phi) is 12.4. The third kappa shape index (κ3) is 10.1. The van der Waals surface area contributed by atoms with Crippen LogP contribution in [0.15, 0.2) is 257 Å². The fraction of sp³-hybridized carbons (Fsp3) is 0.150. The van der Waals surface area contributed by atoms with E-state index in [9.17, 15) is 2.74 Å². The minimum absolute atomic E-state index is 0.00919. The van der Waals surface area contributed by atoms with Crippen LogP contribution in [0.3, 0.4) is 0 Å². The zero-order valence-corrected chi connectivity index (χ0v) is 51.8. The van der Waals surface area contributed by atoms with Gasteiger partial charge < -0.3 is 23.5 Å². The fourth-order valence-corrected chi connectivity index (χ4v) is 13.3. The predicted molar refractivity (Wildman–Crippen MR) is 372 cm³/mol. The van der Waals surface area contributed by atoms with Crippen molar-refractivity contribution in [1.29, 1.82) is 0 Å². The number of furan rings is 2. The molecule has 14 aromatic rings. The summed E-state index contributed by atoms with van der Waals surface area (Å²) in [6, 6.07) is 71.1. The Morgan fingerprint density at radius 3 is 1.51 bits per heavy atom. The van der Waals surface area contributed by atoms with Crippen molar-refractivity contribution in [2.45, 2.75) is 78.6 Å². The summed E-state index contributed by atoms with van der Waals surface area (Å²) in [5.41, 5.74) is 14.6. The first-order chi connectivity index (χ1) is 44.0. The van der Waals surface area contributed by atoms with Crippen LogP contribution < -0.4 is 14.7 Å². The largest absolute Gasteiger partial charge is 0.454 e. The highest BCUT2D eigenvalue weighted by atomic mass is 35.5. The van der Waals surface area contributed by atoms with Crippen LogP contribution in [0.5, 0.6) is 0 Å². The zero-order chi connectivity index (χ0) is 64.3. The first kappa shape index (κ1) is 49.9. The molecule has 0 bridgehead atoms. The highest BCUT2D eigenvalue weighted by Gasteiger charge is 2.31. The molecular formula is C80H68ClN3O2S. The van der Waals surface area contributed by atoms with Gasteiger partial charge in [0.25, 0.3) is 0 Å². The van der Waals surface area contributed by atoms with Crippen LogP contribution in [-0.4, -0.2) is 0 Å². The van der Waals surface area contributed by atoms with Gasteiger partial charge in [0.15, 0.2) is 11.2 Å². The molecule has 0 atom stereocenters. The molecule has 14 rings (SSSR count). The molecule has 3 aromatic heterocycles. The van der Waals surface area contributed by atoms with Crippen LogP contribution in [0.1, 0.15) is 85.9 Å². The molecule has 0 N–H and O–H groups in total. The van der Waals surface area contributed by atoms with E-state index in [1.54, 1.807) is 11.3 Å². The van der Waals surface area contributed by atoms with E-state index in [-0.39, 0.29) is 38.9 Å². The van der Waals surface area contributed by atoms with Crippen molar-refractivity contribution in [1.82, 2.24) is 0 Å². The van der Waals surface area contributed by atoms with Gasteiger partial charge in [-0.15, -0.1) is 11.3 Å². The van der Waals surface area contributed by atoms with Crippen molar-refractivity contribution < 1.29 is 15.7 Å². The Hall–Kier alpha value is -9.33. The van der Waals surface area contributed by atoms with E-state index < -0.39 is 18.1 Å². The van der Waals surface area contributed by atoms with Gasteiger partial charge in [0, 0.05) is 59.6 Å². The lowest BCUT2D eigenvalue weighted by molar-refractivity contribution is 0.590. The van der Waals surface area contributed by atoms with Crippen LogP contribution in [0.4, 0.5) is 51.2 Å². The quantitative estimate of drug-likeness (QED) is 0.129. The summed E-state index contributed by atoms with van der Waals surface area (Å²) in [7, 11) is 0. The molecule has 0 amide bonds. The van der Waals surface area contributed by atoms with E-state index >= 15 is 0 Å². The highest BCUT2D eigenvalue weighted by Crippen LogP contribution is 2.55. The van der Waals surface area contributed by atoms with Crippen molar-refractivity contribution >= 4 is 128 Å². The van der Waals surface area contributed by atoms with Gasteiger partial charge in [-0.1, -0.05) is 225 Å². The zero-order valence-electron chi connectivity index (χ0n) is 55.2. The monoisotopic (exact) mass is 1170 g/mol. The Balaban J connectivity index is 1.11. The average Bonchev–Trinajstić information content (AvgIpc) is 1.32. The summed E-state index contributed by atoms with van der Waals surface area (Å²) in [6.07, 6.45) is 0. The van der Waals surface area contributed by atoms with Crippen molar-refractivity contribution in [2.75, 3.05) is 14.7 Å². The number of hydrogen-bond acceptors (Lipinski definition) is 6. The maximum absolute atomic E-state index is 9.69. The Bertz CT molecular complexity index is 5200. The van der Waals surface area contributed by atoms with Gasteiger partial charge in [-0.25, -0.2) is 0 Å². The number of halogens is 1. The molecule has 3 heterocycles. The molecule has 0 aliphatic heterocycles. The number of anilines is 9. The first-order valence-electron chi connectivity index (χ1n) is 32.1. The number of benzene rings is 11. The van der Waals surface area contributed by atoms with Crippen LogP contribution in [-0.2, 0) is 16.2 Å². The van der Waals surface area contributed by atoms with E-state index in [4.69, 9.17) is 24.5 Å². The molecular weight excluding hydrogens is 1100 g/mol. The molecule has 0 aliphatic rings. The summed E-state index contributed by atoms with van der Waals surface area (Å²) >= 11 is 10.2. The lowest BCUT2D eigenvalue weighted by Gasteiger charge is -2.33. The molecule has 7 heteroatoms. The summed E-state index contributed by atoms with van der Waals surface area (Å²) in [5.74, 6) is 0. The summed E-state index contributed by atoms with van der Waals surface area (Å²) in [5, 5.41) is 7.05. The SMILES string of the molecule is [2H]c1c([2H])c([2H])c(-c2cc(N(c3cccc(N(c4ccc(C(C)(C)C)cc4)c4ccc(C(C)(C)C)cc4-c4ccccc4)c3)c3cccc4c3oc3ccccc34)c(Cl)c(N(c3csc4ccc(C(C)(C)C)cc34)c3cccc4c3oc3ccccc34)c2)c([2H])c1[2H]. The summed E-state index contributed by atoms with van der Waals surface area (Å²) in [4.78, 5) is 6.56.